The zero-order chi connectivity index (χ0) is 30.0. The van der Waals surface area contributed by atoms with E-state index in [9.17, 15) is 24.0 Å². The number of nitrogens with zero attached hydrogens (tertiary/aromatic N) is 1. The van der Waals surface area contributed by atoms with Gasteiger partial charge in [-0.3, -0.25) is 9.59 Å². The van der Waals surface area contributed by atoms with E-state index in [1.54, 1.807) is 60.7 Å². The fraction of sp³-hybridized carbons (Fsp3) is 0.414. The number of esters is 2. The summed E-state index contributed by atoms with van der Waals surface area (Å²) < 4.78 is 20.2. The van der Waals surface area contributed by atoms with Crippen LogP contribution in [0, 0.1) is 0 Å². The molecule has 2 aromatic rings. The minimum absolute atomic E-state index is 0.00873. The van der Waals surface area contributed by atoms with E-state index in [1.165, 1.54) is 7.11 Å². The summed E-state index contributed by atoms with van der Waals surface area (Å²) in [7, 11) is 2.33. The molecule has 0 spiro atoms. The van der Waals surface area contributed by atoms with Crippen LogP contribution in [0.5, 0.6) is 0 Å². The maximum absolute atomic E-state index is 13.6. The fourth-order valence-electron chi connectivity index (χ4n) is 3.79. The number of unbranched alkanes of at least 4 members (excludes halogenated alkanes) is 1. The second-order valence-corrected chi connectivity index (χ2v) is 8.95. The van der Waals surface area contributed by atoms with E-state index in [4.69, 9.17) is 19.9 Å². The number of nitrogens with one attached hydrogen (secondary N) is 1. The summed E-state index contributed by atoms with van der Waals surface area (Å²) in [5, 5.41) is 2.50. The van der Waals surface area contributed by atoms with Crippen LogP contribution in [0.1, 0.15) is 43.2 Å². The van der Waals surface area contributed by atoms with Crippen molar-refractivity contribution in [1.29, 1.82) is 0 Å². The quantitative estimate of drug-likeness (QED) is 0.184. The van der Waals surface area contributed by atoms with Gasteiger partial charge in [-0.25, -0.2) is 14.4 Å². The van der Waals surface area contributed by atoms with E-state index < -0.39 is 42.1 Å². The predicted octanol–water partition coefficient (Wildman–Crippen LogP) is 3.07. The minimum atomic E-state index is -1.42. The van der Waals surface area contributed by atoms with Gasteiger partial charge < -0.3 is 30.0 Å². The van der Waals surface area contributed by atoms with E-state index in [0.717, 1.165) is 7.11 Å². The van der Waals surface area contributed by atoms with Crippen molar-refractivity contribution in [3.8, 4) is 0 Å². The zero-order valence-corrected chi connectivity index (χ0v) is 23.3. The number of methoxy groups -OCH3 is 2. The molecule has 0 bridgehead atoms. The Hall–Kier alpha value is -4.45. The standard InChI is InChI=1S/C29H37N3O9/c1-38-25(33)17-16-23(27(35)39-2)31-26(34)24(15-9-10-18-30)32(28(36)40-19-21-11-5-3-6-12-21)29(37)41-20-22-13-7-4-8-14-22/h3-8,11-14,23-24H,9-10,15-20,30H2,1-2H3,(H,31,34)/t23-,24+/m1/s1. The van der Waals surface area contributed by atoms with E-state index in [2.05, 4.69) is 10.1 Å². The van der Waals surface area contributed by atoms with Crippen molar-refractivity contribution in [2.75, 3.05) is 20.8 Å². The lowest BCUT2D eigenvalue weighted by molar-refractivity contribution is -0.147. The molecule has 0 heterocycles. The molecular weight excluding hydrogens is 534 g/mol. The van der Waals surface area contributed by atoms with Crippen molar-refractivity contribution >= 4 is 30.0 Å². The average Bonchev–Trinajstić information content (AvgIpc) is 3.00. The number of carbonyl (C=O) groups excluding carboxylic acids is 5. The van der Waals surface area contributed by atoms with Crippen LogP contribution in [0.4, 0.5) is 9.59 Å². The highest BCUT2D eigenvalue weighted by atomic mass is 16.6. The summed E-state index contributed by atoms with van der Waals surface area (Å²) in [4.78, 5) is 64.8. The maximum atomic E-state index is 13.6. The van der Waals surface area contributed by atoms with Crippen LogP contribution in [0.3, 0.4) is 0 Å². The lowest BCUT2D eigenvalue weighted by Crippen LogP contribution is -2.55. The monoisotopic (exact) mass is 571 g/mol. The first-order valence-corrected chi connectivity index (χ1v) is 13.2. The highest BCUT2D eigenvalue weighted by molar-refractivity contribution is 5.96. The number of carbonyl (C=O) groups is 5. The van der Waals surface area contributed by atoms with Gasteiger partial charge in [0.1, 0.15) is 25.3 Å². The molecule has 222 valence electrons. The van der Waals surface area contributed by atoms with Crippen LogP contribution in [-0.4, -0.2) is 67.8 Å². The van der Waals surface area contributed by atoms with Crippen LogP contribution in [-0.2, 0) is 46.5 Å². The Morgan fingerprint density at radius 3 is 1.78 bits per heavy atom. The average molecular weight is 572 g/mol. The van der Waals surface area contributed by atoms with Crippen molar-refractivity contribution in [3.05, 3.63) is 71.8 Å². The Labute approximate surface area is 239 Å². The smallest absolute Gasteiger partial charge is 0.420 e. The molecule has 3 N–H and O–H groups in total. The number of nitrogens with two attached hydrogens (primary N) is 1. The number of imide groups is 1. The molecule has 2 aromatic carbocycles. The Morgan fingerprint density at radius 2 is 1.32 bits per heavy atom. The number of rotatable bonds is 15. The lowest BCUT2D eigenvalue weighted by atomic mass is 10.1. The maximum Gasteiger partial charge on any atom is 0.420 e. The fourth-order valence-corrected chi connectivity index (χ4v) is 3.79. The molecule has 0 aliphatic rings. The van der Waals surface area contributed by atoms with Crippen LogP contribution < -0.4 is 11.1 Å². The van der Waals surface area contributed by atoms with Crippen LogP contribution in [0.2, 0.25) is 0 Å². The second-order valence-electron chi connectivity index (χ2n) is 8.95. The second kappa shape index (κ2) is 18.0. The van der Waals surface area contributed by atoms with Crippen molar-refractivity contribution < 1.29 is 42.9 Å². The summed E-state index contributed by atoms with van der Waals surface area (Å²) in [6.07, 6.45) is -1.65. The number of benzene rings is 2. The van der Waals surface area contributed by atoms with Crippen molar-refractivity contribution in [3.63, 3.8) is 0 Å². The molecule has 41 heavy (non-hydrogen) atoms. The highest BCUT2D eigenvalue weighted by Gasteiger charge is 2.38. The summed E-state index contributed by atoms with van der Waals surface area (Å²) in [5.41, 5.74) is 6.95. The Bertz CT molecular complexity index is 1070. The first kappa shape index (κ1) is 32.8. The Balaban J connectivity index is 2.33. The molecule has 0 aromatic heterocycles. The van der Waals surface area contributed by atoms with E-state index >= 15 is 0 Å². The molecule has 0 fully saturated rings. The van der Waals surface area contributed by atoms with E-state index in [0.29, 0.717) is 35.4 Å². The molecule has 0 radical (unpaired) electrons. The molecule has 0 aliphatic heterocycles. The van der Waals surface area contributed by atoms with Gasteiger partial charge in [0.25, 0.3) is 0 Å². The molecule has 12 nitrogen and oxygen atoms in total. The van der Waals surface area contributed by atoms with Gasteiger partial charge in [-0.1, -0.05) is 60.7 Å². The third-order valence-corrected chi connectivity index (χ3v) is 6.02. The van der Waals surface area contributed by atoms with Crippen molar-refractivity contribution in [2.45, 2.75) is 57.4 Å². The number of hydrogen-bond acceptors (Lipinski definition) is 10. The molecule has 0 aliphatic carbocycles. The molecule has 0 saturated heterocycles. The minimum Gasteiger partial charge on any atom is -0.469 e. The van der Waals surface area contributed by atoms with Crippen molar-refractivity contribution in [1.82, 2.24) is 10.2 Å². The van der Waals surface area contributed by atoms with Gasteiger partial charge >= 0.3 is 24.1 Å². The van der Waals surface area contributed by atoms with E-state index in [-0.39, 0.29) is 32.5 Å². The molecule has 2 rings (SSSR count). The number of ether oxygens (including phenoxy) is 4. The van der Waals surface area contributed by atoms with Gasteiger partial charge in [0.05, 0.1) is 14.2 Å². The summed E-state index contributed by atoms with van der Waals surface area (Å²) >= 11 is 0. The topological polar surface area (TPSA) is 164 Å². The third-order valence-electron chi connectivity index (χ3n) is 6.02. The first-order valence-electron chi connectivity index (χ1n) is 13.2. The molecule has 3 amide bonds. The normalized spacial score (nSPS) is 11.9. The molecule has 2 atom stereocenters. The molecule has 0 saturated carbocycles. The zero-order valence-electron chi connectivity index (χ0n) is 23.3. The number of hydrogen-bond donors (Lipinski definition) is 2. The van der Waals surface area contributed by atoms with Crippen molar-refractivity contribution in [2.24, 2.45) is 5.73 Å². The third kappa shape index (κ3) is 11.3. The van der Waals surface area contributed by atoms with Gasteiger partial charge in [0.2, 0.25) is 5.91 Å². The van der Waals surface area contributed by atoms with Crippen LogP contribution >= 0.6 is 0 Å². The summed E-state index contributed by atoms with van der Waals surface area (Å²) in [6.45, 7) is -0.0124. The molecular formula is C29H37N3O9. The van der Waals surface area contributed by atoms with E-state index in [1.807, 2.05) is 0 Å². The highest BCUT2D eigenvalue weighted by Crippen LogP contribution is 2.17. The molecule has 0 unspecified atom stereocenters. The van der Waals surface area contributed by atoms with Gasteiger partial charge in [-0.2, -0.15) is 4.90 Å². The lowest BCUT2D eigenvalue weighted by Gasteiger charge is -2.29. The predicted molar refractivity (Wildman–Crippen MR) is 147 cm³/mol. The van der Waals surface area contributed by atoms with Gasteiger partial charge in [0, 0.05) is 6.42 Å². The first-order chi connectivity index (χ1) is 19.8. The van der Waals surface area contributed by atoms with Gasteiger partial charge in [-0.05, 0) is 43.4 Å². The summed E-state index contributed by atoms with van der Waals surface area (Å²) in [6, 6.07) is 14.9. The van der Waals surface area contributed by atoms with Gasteiger partial charge in [0.15, 0.2) is 0 Å². The Morgan fingerprint density at radius 1 is 0.780 bits per heavy atom. The largest absolute Gasteiger partial charge is 0.469 e. The SMILES string of the molecule is COC(=O)CC[C@@H](NC(=O)[C@H](CCCCN)N(C(=O)OCc1ccccc1)C(=O)OCc1ccccc1)C(=O)OC. The van der Waals surface area contributed by atoms with Crippen LogP contribution in [0.15, 0.2) is 60.7 Å². The van der Waals surface area contributed by atoms with Crippen LogP contribution in [0.25, 0.3) is 0 Å². The number of amides is 3. The summed E-state index contributed by atoms with van der Waals surface area (Å²) in [5.74, 6) is -2.24. The Kier molecular flexibility index (Phi) is 14.4. The molecule has 12 heteroatoms. The van der Waals surface area contributed by atoms with Gasteiger partial charge in [-0.15, -0.1) is 0 Å².